The quantitative estimate of drug-likeness (QED) is 0.858. The van der Waals surface area contributed by atoms with Crippen molar-refractivity contribution in [2.24, 2.45) is 0 Å². The minimum absolute atomic E-state index is 0.228. The fourth-order valence-electron chi connectivity index (χ4n) is 2.31. The van der Waals surface area contributed by atoms with Crippen LogP contribution in [0.1, 0.15) is 28.6 Å². The molecular weight excluding hydrogens is 249 g/mol. The normalized spacial score (nSPS) is 18.2. The van der Waals surface area contributed by atoms with E-state index in [1.54, 1.807) is 12.1 Å². The van der Waals surface area contributed by atoms with Crippen LogP contribution in [0.15, 0.2) is 41.0 Å². The van der Waals surface area contributed by atoms with Gasteiger partial charge in [0.1, 0.15) is 5.82 Å². The van der Waals surface area contributed by atoms with Crippen molar-refractivity contribution >= 4 is 11.6 Å². The summed E-state index contributed by atoms with van der Waals surface area (Å²) in [6.45, 7) is 0.374. The fourth-order valence-corrected chi connectivity index (χ4v) is 2.31. The standard InChI is InChI=1S/C14H12FNO3/c15-9-3-4-11-10(8-9)12(17)5-6-16(11)14(18)13-2-1-7-19-13/h1-4,7-8,12,17H,5-6H2. The van der Waals surface area contributed by atoms with Gasteiger partial charge < -0.3 is 14.4 Å². The number of hydrogen-bond acceptors (Lipinski definition) is 3. The van der Waals surface area contributed by atoms with Crippen LogP contribution in [-0.4, -0.2) is 17.6 Å². The first-order valence-electron chi connectivity index (χ1n) is 5.99. The third-order valence-corrected chi connectivity index (χ3v) is 3.24. The monoisotopic (exact) mass is 261 g/mol. The van der Waals surface area contributed by atoms with Crippen LogP contribution in [-0.2, 0) is 0 Å². The van der Waals surface area contributed by atoms with Crippen molar-refractivity contribution in [3.63, 3.8) is 0 Å². The lowest BCUT2D eigenvalue weighted by Crippen LogP contribution is -2.36. The van der Waals surface area contributed by atoms with Gasteiger partial charge in [-0.2, -0.15) is 0 Å². The largest absolute Gasteiger partial charge is 0.459 e. The number of furan rings is 1. The Hall–Kier alpha value is -2.14. The molecule has 1 atom stereocenters. The van der Waals surface area contributed by atoms with Crippen molar-refractivity contribution in [2.75, 3.05) is 11.4 Å². The fraction of sp³-hybridized carbons (Fsp3) is 0.214. The van der Waals surface area contributed by atoms with E-state index in [1.807, 2.05) is 0 Å². The van der Waals surface area contributed by atoms with Gasteiger partial charge in [-0.1, -0.05) is 0 Å². The van der Waals surface area contributed by atoms with Crippen molar-refractivity contribution in [1.82, 2.24) is 0 Å². The number of fused-ring (bicyclic) bond motifs is 1. The Morgan fingerprint density at radius 3 is 3.00 bits per heavy atom. The summed E-state index contributed by atoms with van der Waals surface area (Å²) in [7, 11) is 0. The third kappa shape index (κ3) is 2.02. The van der Waals surface area contributed by atoms with Crippen molar-refractivity contribution in [3.8, 4) is 0 Å². The molecule has 1 aromatic heterocycles. The van der Waals surface area contributed by atoms with E-state index in [0.29, 0.717) is 24.2 Å². The second-order valence-electron chi connectivity index (χ2n) is 4.44. The van der Waals surface area contributed by atoms with Crippen LogP contribution in [0.25, 0.3) is 0 Å². The lowest BCUT2D eigenvalue weighted by atomic mass is 9.98. The Morgan fingerprint density at radius 1 is 1.42 bits per heavy atom. The molecule has 2 aromatic rings. The number of rotatable bonds is 1. The molecule has 0 aliphatic carbocycles. The number of aliphatic hydroxyl groups is 1. The first kappa shape index (κ1) is 11.9. The zero-order valence-corrected chi connectivity index (χ0v) is 10.0. The van der Waals surface area contributed by atoms with Gasteiger partial charge in [-0.25, -0.2) is 4.39 Å². The Morgan fingerprint density at radius 2 is 2.26 bits per heavy atom. The van der Waals surface area contributed by atoms with Gasteiger partial charge in [-0.05, 0) is 36.8 Å². The van der Waals surface area contributed by atoms with E-state index < -0.39 is 11.9 Å². The van der Waals surface area contributed by atoms with Crippen LogP contribution >= 0.6 is 0 Å². The van der Waals surface area contributed by atoms with Crippen LogP contribution in [0.5, 0.6) is 0 Å². The van der Waals surface area contributed by atoms with Gasteiger partial charge in [0.15, 0.2) is 5.76 Å². The minimum Gasteiger partial charge on any atom is -0.459 e. The van der Waals surface area contributed by atoms with Gasteiger partial charge in [-0.15, -0.1) is 0 Å². The molecule has 1 unspecified atom stereocenters. The van der Waals surface area contributed by atoms with Crippen molar-refractivity contribution < 1.29 is 18.7 Å². The van der Waals surface area contributed by atoms with E-state index in [-0.39, 0.29) is 11.7 Å². The molecule has 1 aliphatic rings. The number of nitrogens with zero attached hydrogens (tertiary/aromatic N) is 1. The summed E-state index contributed by atoms with van der Waals surface area (Å²) >= 11 is 0. The summed E-state index contributed by atoms with van der Waals surface area (Å²) in [5.74, 6) is -0.485. The molecule has 0 bridgehead atoms. The molecule has 1 N–H and O–H groups in total. The predicted octanol–water partition coefficient (Wildman–Crippen LogP) is 2.50. The second kappa shape index (κ2) is 4.51. The molecule has 3 rings (SSSR count). The van der Waals surface area contributed by atoms with E-state index >= 15 is 0 Å². The maximum Gasteiger partial charge on any atom is 0.293 e. The van der Waals surface area contributed by atoms with Crippen molar-refractivity contribution in [2.45, 2.75) is 12.5 Å². The summed E-state index contributed by atoms with van der Waals surface area (Å²) in [5.41, 5.74) is 0.965. The lowest BCUT2D eigenvalue weighted by Gasteiger charge is -2.31. The second-order valence-corrected chi connectivity index (χ2v) is 4.44. The molecule has 2 heterocycles. The van der Waals surface area contributed by atoms with Crippen molar-refractivity contribution in [1.29, 1.82) is 0 Å². The Labute approximate surface area is 109 Å². The first-order chi connectivity index (χ1) is 9.16. The molecule has 5 heteroatoms. The summed E-state index contributed by atoms with van der Waals surface area (Å²) in [6, 6.07) is 7.27. The zero-order chi connectivity index (χ0) is 13.4. The van der Waals surface area contributed by atoms with Gasteiger partial charge in [-0.3, -0.25) is 4.79 Å². The molecule has 1 aliphatic heterocycles. The average molecular weight is 261 g/mol. The number of carbonyl (C=O) groups excluding carboxylic acids is 1. The maximum atomic E-state index is 13.2. The molecule has 4 nitrogen and oxygen atoms in total. The van der Waals surface area contributed by atoms with Gasteiger partial charge in [0.25, 0.3) is 5.91 Å². The van der Waals surface area contributed by atoms with E-state index in [9.17, 15) is 14.3 Å². The SMILES string of the molecule is O=C(c1ccco1)N1CCC(O)c2cc(F)ccc21. The molecular formula is C14H12FNO3. The van der Waals surface area contributed by atoms with Crippen LogP contribution in [0.4, 0.5) is 10.1 Å². The van der Waals surface area contributed by atoms with Gasteiger partial charge in [0.2, 0.25) is 0 Å². The first-order valence-corrected chi connectivity index (χ1v) is 5.99. The smallest absolute Gasteiger partial charge is 0.293 e. The number of amides is 1. The zero-order valence-electron chi connectivity index (χ0n) is 10.0. The minimum atomic E-state index is -0.744. The molecule has 1 amide bonds. The van der Waals surface area contributed by atoms with Gasteiger partial charge in [0, 0.05) is 12.1 Å². The van der Waals surface area contributed by atoms with E-state index in [4.69, 9.17) is 4.42 Å². The molecule has 0 spiro atoms. The topological polar surface area (TPSA) is 53.7 Å². The van der Waals surface area contributed by atoms with Gasteiger partial charge >= 0.3 is 0 Å². The summed E-state index contributed by atoms with van der Waals surface area (Å²) in [6.07, 6.45) is 1.06. The molecule has 0 saturated carbocycles. The number of carbonyl (C=O) groups is 1. The number of halogens is 1. The highest BCUT2D eigenvalue weighted by Crippen LogP contribution is 2.35. The average Bonchev–Trinajstić information content (AvgIpc) is 2.93. The number of hydrogen-bond donors (Lipinski definition) is 1. The number of aliphatic hydroxyl groups excluding tert-OH is 1. The molecule has 0 radical (unpaired) electrons. The van der Waals surface area contributed by atoms with Crippen LogP contribution in [0.3, 0.4) is 0 Å². The highest BCUT2D eigenvalue weighted by molar-refractivity contribution is 6.04. The highest BCUT2D eigenvalue weighted by atomic mass is 19.1. The number of anilines is 1. The third-order valence-electron chi connectivity index (χ3n) is 3.24. The van der Waals surface area contributed by atoms with Crippen molar-refractivity contribution in [3.05, 3.63) is 53.7 Å². The summed E-state index contributed by atoms with van der Waals surface area (Å²) in [4.78, 5) is 13.8. The molecule has 98 valence electrons. The van der Waals surface area contributed by atoms with Crippen LogP contribution in [0.2, 0.25) is 0 Å². The van der Waals surface area contributed by atoms with E-state index in [2.05, 4.69) is 0 Å². The lowest BCUT2D eigenvalue weighted by molar-refractivity contribution is 0.0944. The highest BCUT2D eigenvalue weighted by Gasteiger charge is 2.29. The van der Waals surface area contributed by atoms with E-state index in [0.717, 1.165) is 0 Å². The molecule has 1 aromatic carbocycles. The molecule has 19 heavy (non-hydrogen) atoms. The Bertz CT molecular complexity index is 609. The summed E-state index contributed by atoms with van der Waals surface area (Å²) in [5, 5.41) is 9.89. The predicted molar refractivity (Wildman–Crippen MR) is 66.4 cm³/mol. The van der Waals surface area contributed by atoms with Gasteiger partial charge in [0.05, 0.1) is 18.1 Å². The Balaban J connectivity index is 2.02. The summed E-state index contributed by atoms with van der Waals surface area (Å²) < 4.78 is 18.3. The molecule has 0 fully saturated rings. The Kier molecular flexibility index (Phi) is 2.83. The van der Waals surface area contributed by atoms with Crippen LogP contribution < -0.4 is 4.90 Å². The van der Waals surface area contributed by atoms with E-state index in [1.165, 1.54) is 29.4 Å². The number of benzene rings is 1. The maximum absolute atomic E-state index is 13.2. The van der Waals surface area contributed by atoms with Crippen LogP contribution in [0, 0.1) is 5.82 Å². The molecule has 0 saturated heterocycles.